The van der Waals surface area contributed by atoms with Gasteiger partial charge in [-0.1, -0.05) is 109 Å². The van der Waals surface area contributed by atoms with Crippen molar-refractivity contribution in [2.75, 3.05) is 9.91 Å². The Balaban J connectivity index is 1.47. The summed E-state index contributed by atoms with van der Waals surface area (Å²) in [6.45, 7) is 0.434. The van der Waals surface area contributed by atoms with Crippen LogP contribution in [0.25, 0.3) is 0 Å². The zero-order valence-electron chi connectivity index (χ0n) is 20.7. The quantitative estimate of drug-likeness (QED) is 0.218. The summed E-state index contributed by atoms with van der Waals surface area (Å²) in [7, 11) is 0. The zero-order chi connectivity index (χ0) is 25.7. The molecule has 0 aromatic heterocycles. The van der Waals surface area contributed by atoms with E-state index in [-0.39, 0.29) is 6.17 Å². The summed E-state index contributed by atoms with van der Waals surface area (Å²) in [5, 5.41) is 8.01. The summed E-state index contributed by atoms with van der Waals surface area (Å²) in [6, 6.07) is 47.0. The second-order valence-electron chi connectivity index (χ2n) is 9.00. The van der Waals surface area contributed by atoms with E-state index in [1.165, 1.54) is 0 Å². The van der Waals surface area contributed by atoms with Crippen molar-refractivity contribution in [3.05, 3.63) is 161 Å². The van der Waals surface area contributed by atoms with Gasteiger partial charge in [-0.05, 0) is 48.0 Å². The second-order valence-corrected chi connectivity index (χ2v) is 9.44. The minimum Gasteiger partial charge on any atom is -0.488 e. The largest absolute Gasteiger partial charge is 0.488 e. The predicted molar refractivity (Wildman–Crippen MR) is 156 cm³/mol. The third-order valence-electron chi connectivity index (χ3n) is 6.50. The molecule has 0 saturated heterocycles. The fourth-order valence-electron chi connectivity index (χ4n) is 4.68. The van der Waals surface area contributed by atoms with Gasteiger partial charge < -0.3 is 4.74 Å². The Labute approximate surface area is 228 Å². The molecule has 5 heteroatoms. The number of para-hydroxylation sites is 3. The standard InChI is InChI=1S/C33H26ClN3O/c34-27-22-20-25(21-23-27)24-38-31-19-11-10-18-30(31)33-36(28-14-6-2-7-15-28)32(26-12-4-1-5-13-26)35-37(33)29-16-8-3-9-17-29/h1-23,33H,24H2. The van der Waals surface area contributed by atoms with Crippen LogP contribution >= 0.6 is 11.6 Å². The van der Waals surface area contributed by atoms with Gasteiger partial charge in [0.15, 0.2) is 12.0 Å². The van der Waals surface area contributed by atoms with E-state index < -0.39 is 0 Å². The number of hydrogen-bond acceptors (Lipinski definition) is 4. The topological polar surface area (TPSA) is 28.1 Å². The van der Waals surface area contributed by atoms with E-state index in [9.17, 15) is 0 Å². The Kier molecular flexibility index (Phi) is 6.79. The van der Waals surface area contributed by atoms with E-state index in [4.69, 9.17) is 21.4 Å². The summed E-state index contributed by atoms with van der Waals surface area (Å²) < 4.78 is 6.44. The maximum Gasteiger partial charge on any atom is 0.162 e. The second kappa shape index (κ2) is 10.8. The van der Waals surface area contributed by atoms with Crippen molar-refractivity contribution in [3.8, 4) is 5.75 Å². The summed E-state index contributed by atoms with van der Waals surface area (Å²) in [5.41, 5.74) is 5.16. The summed E-state index contributed by atoms with van der Waals surface area (Å²) in [4.78, 5) is 2.28. The summed E-state index contributed by atoms with van der Waals surface area (Å²) in [6.07, 6.45) is -0.267. The van der Waals surface area contributed by atoms with E-state index in [2.05, 4.69) is 70.6 Å². The molecular formula is C33H26ClN3O. The molecule has 0 spiro atoms. The average Bonchev–Trinajstić information content (AvgIpc) is 3.39. The third kappa shape index (κ3) is 4.86. The van der Waals surface area contributed by atoms with Crippen LogP contribution in [0.4, 0.5) is 11.4 Å². The van der Waals surface area contributed by atoms with Gasteiger partial charge in [0.05, 0.1) is 5.69 Å². The Bertz CT molecular complexity index is 1520. The molecule has 0 bridgehead atoms. The number of hydrazone groups is 1. The molecule has 0 amide bonds. The van der Waals surface area contributed by atoms with Gasteiger partial charge >= 0.3 is 0 Å². The molecule has 0 saturated carbocycles. The molecule has 0 aliphatic carbocycles. The maximum atomic E-state index is 6.44. The number of ether oxygens (including phenoxy) is 1. The smallest absolute Gasteiger partial charge is 0.162 e. The molecule has 186 valence electrons. The van der Waals surface area contributed by atoms with Crippen LogP contribution in [0.1, 0.15) is 22.9 Å². The van der Waals surface area contributed by atoms with Crippen molar-refractivity contribution in [1.29, 1.82) is 0 Å². The van der Waals surface area contributed by atoms with Crippen LogP contribution in [0, 0.1) is 0 Å². The summed E-state index contributed by atoms with van der Waals surface area (Å²) >= 11 is 6.09. The molecule has 0 radical (unpaired) electrons. The number of nitrogens with zero attached hydrogens (tertiary/aromatic N) is 3. The number of halogens is 1. The Morgan fingerprint density at radius 1 is 0.632 bits per heavy atom. The highest BCUT2D eigenvalue weighted by atomic mass is 35.5. The van der Waals surface area contributed by atoms with Gasteiger partial charge in [0.2, 0.25) is 0 Å². The van der Waals surface area contributed by atoms with Gasteiger partial charge in [-0.2, -0.15) is 5.10 Å². The van der Waals surface area contributed by atoms with Gasteiger partial charge in [0.25, 0.3) is 0 Å². The summed E-state index contributed by atoms with van der Waals surface area (Å²) in [5.74, 6) is 1.68. The first-order valence-corrected chi connectivity index (χ1v) is 12.9. The van der Waals surface area contributed by atoms with E-state index >= 15 is 0 Å². The SMILES string of the molecule is Clc1ccc(COc2ccccc2C2N(c3ccccc3)N=C(c3ccccc3)N2c2ccccc2)cc1. The van der Waals surface area contributed by atoms with Gasteiger partial charge in [0.1, 0.15) is 12.4 Å². The lowest BCUT2D eigenvalue weighted by atomic mass is 10.1. The van der Waals surface area contributed by atoms with Crippen molar-refractivity contribution in [1.82, 2.24) is 0 Å². The lowest BCUT2D eigenvalue weighted by Gasteiger charge is -2.33. The Morgan fingerprint density at radius 3 is 1.89 bits per heavy atom. The molecule has 1 atom stereocenters. The van der Waals surface area contributed by atoms with Crippen LogP contribution in [0.2, 0.25) is 5.02 Å². The molecule has 0 fully saturated rings. The Hall–Kier alpha value is -4.54. The number of rotatable bonds is 7. The molecule has 1 heterocycles. The first-order chi connectivity index (χ1) is 18.8. The van der Waals surface area contributed by atoms with Crippen LogP contribution in [-0.2, 0) is 6.61 Å². The van der Waals surface area contributed by atoms with Crippen LogP contribution in [-0.4, -0.2) is 5.84 Å². The van der Waals surface area contributed by atoms with E-state index in [0.29, 0.717) is 11.6 Å². The van der Waals surface area contributed by atoms with E-state index in [0.717, 1.165) is 39.7 Å². The van der Waals surface area contributed by atoms with Gasteiger partial charge in [0, 0.05) is 21.8 Å². The monoisotopic (exact) mass is 515 g/mol. The maximum absolute atomic E-state index is 6.44. The van der Waals surface area contributed by atoms with Crippen LogP contribution < -0.4 is 14.6 Å². The van der Waals surface area contributed by atoms with Crippen molar-refractivity contribution in [2.45, 2.75) is 12.8 Å². The molecule has 0 N–H and O–H groups in total. The highest BCUT2D eigenvalue weighted by Crippen LogP contribution is 2.43. The van der Waals surface area contributed by atoms with Crippen molar-refractivity contribution < 1.29 is 4.74 Å². The minimum atomic E-state index is -0.267. The highest BCUT2D eigenvalue weighted by molar-refractivity contribution is 6.30. The molecule has 1 unspecified atom stereocenters. The van der Waals surface area contributed by atoms with Crippen molar-refractivity contribution in [2.24, 2.45) is 5.10 Å². The van der Waals surface area contributed by atoms with Crippen molar-refractivity contribution >= 4 is 28.8 Å². The van der Waals surface area contributed by atoms with Gasteiger partial charge in [-0.15, -0.1) is 0 Å². The molecule has 4 nitrogen and oxygen atoms in total. The molecule has 5 aromatic rings. The zero-order valence-corrected chi connectivity index (χ0v) is 21.4. The minimum absolute atomic E-state index is 0.267. The average molecular weight is 516 g/mol. The number of anilines is 2. The molecule has 6 rings (SSSR count). The first-order valence-electron chi connectivity index (χ1n) is 12.6. The van der Waals surface area contributed by atoms with Crippen LogP contribution in [0.3, 0.4) is 0 Å². The lowest BCUT2D eigenvalue weighted by Crippen LogP contribution is -2.36. The Morgan fingerprint density at radius 2 is 1.21 bits per heavy atom. The third-order valence-corrected chi connectivity index (χ3v) is 6.75. The number of amidine groups is 1. The fourth-order valence-corrected chi connectivity index (χ4v) is 4.81. The fraction of sp³-hybridized carbons (Fsp3) is 0.0606. The van der Waals surface area contributed by atoms with Crippen LogP contribution in [0.5, 0.6) is 5.75 Å². The normalized spacial score (nSPS) is 14.9. The van der Waals surface area contributed by atoms with Crippen LogP contribution in [0.15, 0.2) is 145 Å². The molecule has 38 heavy (non-hydrogen) atoms. The molecule has 5 aromatic carbocycles. The molecular weight excluding hydrogens is 490 g/mol. The van der Waals surface area contributed by atoms with Gasteiger partial charge in [-0.25, -0.2) is 5.01 Å². The highest BCUT2D eigenvalue weighted by Gasteiger charge is 2.39. The first kappa shape index (κ1) is 23.8. The lowest BCUT2D eigenvalue weighted by molar-refractivity contribution is 0.301. The number of benzene rings is 5. The molecule has 1 aliphatic rings. The van der Waals surface area contributed by atoms with Crippen molar-refractivity contribution in [3.63, 3.8) is 0 Å². The molecule has 1 aliphatic heterocycles. The predicted octanol–water partition coefficient (Wildman–Crippen LogP) is 8.31. The van der Waals surface area contributed by atoms with Gasteiger partial charge in [-0.3, -0.25) is 4.90 Å². The van der Waals surface area contributed by atoms with E-state index in [1.54, 1.807) is 0 Å². The van der Waals surface area contributed by atoms with E-state index in [1.807, 2.05) is 78.9 Å². The number of hydrogen-bond donors (Lipinski definition) is 0.